The number of ether oxygens (including phenoxy) is 1. The molecule has 132 valence electrons. The van der Waals surface area contributed by atoms with Gasteiger partial charge in [0.2, 0.25) is 0 Å². The number of amides is 1. The van der Waals surface area contributed by atoms with E-state index in [4.69, 9.17) is 4.74 Å². The van der Waals surface area contributed by atoms with E-state index < -0.39 is 5.97 Å². The van der Waals surface area contributed by atoms with Gasteiger partial charge in [-0.3, -0.25) is 4.79 Å². The highest BCUT2D eigenvalue weighted by Gasteiger charge is 2.19. The van der Waals surface area contributed by atoms with Crippen LogP contribution in [0.3, 0.4) is 0 Å². The first-order chi connectivity index (χ1) is 11.5. The fourth-order valence-electron chi connectivity index (χ4n) is 2.87. The smallest absolute Gasteiger partial charge is 0.342 e. The van der Waals surface area contributed by atoms with Crippen molar-refractivity contribution in [3.8, 4) is 5.75 Å². The van der Waals surface area contributed by atoms with E-state index >= 15 is 0 Å². The van der Waals surface area contributed by atoms with Crippen molar-refractivity contribution in [3.05, 3.63) is 29.3 Å². The zero-order valence-corrected chi connectivity index (χ0v) is 14.6. The van der Waals surface area contributed by atoms with E-state index in [0.29, 0.717) is 0 Å². The molecule has 24 heavy (non-hydrogen) atoms. The molecule has 1 saturated heterocycles. The number of nitrogens with zero attached hydrogens (tertiary/aromatic N) is 1. The van der Waals surface area contributed by atoms with E-state index in [0.717, 1.165) is 44.3 Å². The van der Waals surface area contributed by atoms with Gasteiger partial charge in [0, 0.05) is 13.1 Å². The fraction of sp³-hybridized carbons (Fsp3) is 0.579. The van der Waals surface area contributed by atoms with Crippen molar-refractivity contribution in [2.45, 2.75) is 51.9 Å². The number of phenols is 1. The summed E-state index contributed by atoms with van der Waals surface area (Å²) in [5, 5.41) is 10.00. The van der Waals surface area contributed by atoms with Gasteiger partial charge >= 0.3 is 5.97 Å². The molecule has 2 rings (SSSR count). The van der Waals surface area contributed by atoms with Gasteiger partial charge in [-0.15, -0.1) is 0 Å². The molecular weight excluding hydrogens is 306 g/mol. The monoisotopic (exact) mass is 333 g/mol. The second-order valence-electron chi connectivity index (χ2n) is 6.66. The number of rotatable bonds is 4. The average Bonchev–Trinajstić information content (AvgIpc) is 2.51. The van der Waals surface area contributed by atoms with E-state index in [9.17, 15) is 14.7 Å². The molecule has 5 heteroatoms. The van der Waals surface area contributed by atoms with Crippen LogP contribution in [0.2, 0.25) is 0 Å². The molecule has 1 aliphatic rings. The summed E-state index contributed by atoms with van der Waals surface area (Å²) in [7, 11) is 0. The van der Waals surface area contributed by atoms with Crippen LogP contribution in [-0.4, -0.2) is 41.6 Å². The molecule has 0 aliphatic carbocycles. The minimum absolute atomic E-state index is 0.0971. The van der Waals surface area contributed by atoms with Crippen LogP contribution in [0.5, 0.6) is 5.75 Å². The summed E-state index contributed by atoms with van der Waals surface area (Å²) in [6, 6.07) is 4.91. The summed E-state index contributed by atoms with van der Waals surface area (Å²) in [5.74, 6) is -0.675. The molecule has 1 aromatic carbocycles. The highest BCUT2D eigenvalue weighted by atomic mass is 16.5. The fourth-order valence-corrected chi connectivity index (χ4v) is 2.87. The largest absolute Gasteiger partial charge is 0.507 e. The maximum Gasteiger partial charge on any atom is 0.342 e. The molecule has 1 aromatic rings. The summed E-state index contributed by atoms with van der Waals surface area (Å²) < 4.78 is 5.11. The number of carbonyl (C=O) groups excluding carboxylic acids is 2. The Morgan fingerprint density at radius 3 is 2.33 bits per heavy atom. The quantitative estimate of drug-likeness (QED) is 0.857. The number of carbonyl (C=O) groups is 2. The highest BCUT2D eigenvalue weighted by molar-refractivity contribution is 5.94. The van der Waals surface area contributed by atoms with Crippen LogP contribution in [0, 0.1) is 0 Å². The molecule has 1 aliphatic heterocycles. The molecule has 0 spiro atoms. The van der Waals surface area contributed by atoms with E-state index in [1.54, 1.807) is 23.1 Å². The Balaban J connectivity index is 1.91. The third-order valence-electron chi connectivity index (χ3n) is 4.44. The van der Waals surface area contributed by atoms with Crippen LogP contribution in [0.15, 0.2) is 18.2 Å². The van der Waals surface area contributed by atoms with Crippen LogP contribution in [0.4, 0.5) is 0 Å². The Labute approximate surface area is 143 Å². The van der Waals surface area contributed by atoms with Gasteiger partial charge in [0.15, 0.2) is 6.61 Å². The van der Waals surface area contributed by atoms with Crippen LogP contribution in [0.25, 0.3) is 0 Å². The molecule has 1 N–H and O–H groups in total. The minimum Gasteiger partial charge on any atom is -0.507 e. The maximum atomic E-state index is 12.2. The molecule has 0 bridgehead atoms. The lowest BCUT2D eigenvalue weighted by Gasteiger charge is -2.24. The summed E-state index contributed by atoms with van der Waals surface area (Å²) in [4.78, 5) is 26.1. The number of esters is 1. The summed E-state index contributed by atoms with van der Waals surface area (Å²) in [6.07, 6.45) is 5.50. The van der Waals surface area contributed by atoms with Crippen molar-refractivity contribution < 1.29 is 19.4 Å². The van der Waals surface area contributed by atoms with Crippen molar-refractivity contribution in [2.24, 2.45) is 0 Å². The molecule has 1 amide bonds. The second kappa shape index (κ2) is 8.71. The van der Waals surface area contributed by atoms with Gasteiger partial charge in [-0.1, -0.05) is 39.2 Å². The lowest BCUT2D eigenvalue weighted by atomic mass is 10.0. The van der Waals surface area contributed by atoms with Crippen molar-refractivity contribution in [1.82, 2.24) is 4.90 Å². The number of aromatic hydroxyl groups is 1. The predicted molar refractivity (Wildman–Crippen MR) is 92.1 cm³/mol. The first-order valence-corrected chi connectivity index (χ1v) is 8.77. The number of phenolic OH excluding ortho intramolecular Hbond substituents is 1. The van der Waals surface area contributed by atoms with Crippen molar-refractivity contribution >= 4 is 11.9 Å². The number of hydrogen-bond acceptors (Lipinski definition) is 4. The van der Waals surface area contributed by atoms with Gasteiger partial charge in [0.05, 0.1) is 0 Å². The van der Waals surface area contributed by atoms with Crippen molar-refractivity contribution in [3.63, 3.8) is 0 Å². The summed E-state index contributed by atoms with van der Waals surface area (Å²) >= 11 is 0. The minimum atomic E-state index is -0.664. The van der Waals surface area contributed by atoms with Gasteiger partial charge in [0.25, 0.3) is 5.91 Å². The molecular formula is C19H27NO4. The molecule has 1 fully saturated rings. The third kappa shape index (κ3) is 4.98. The molecule has 1 heterocycles. The zero-order chi connectivity index (χ0) is 17.5. The molecule has 0 radical (unpaired) electrons. The third-order valence-corrected chi connectivity index (χ3v) is 4.44. The van der Waals surface area contributed by atoms with Crippen molar-refractivity contribution in [1.29, 1.82) is 0 Å². The van der Waals surface area contributed by atoms with Crippen molar-refractivity contribution in [2.75, 3.05) is 19.7 Å². The number of benzene rings is 1. The van der Waals surface area contributed by atoms with Crippen LogP contribution in [0.1, 0.15) is 67.8 Å². The number of likely N-dealkylation sites (tertiary alicyclic amines) is 1. The van der Waals surface area contributed by atoms with E-state index in [-0.39, 0.29) is 29.7 Å². The maximum absolute atomic E-state index is 12.2. The Bertz CT molecular complexity index is 575. The highest BCUT2D eigenvalue weighted by Crippen LogP contribution is 2.24. The standard InChI is InChI=1S/C19H27NO4/c1-14(2)15-8-9-16(17(21)12-15)19(23)24-13-18(22)20-10-6-4-3-5-7-11-20/h8-9,12,14,21H,3-7,10-11,13H2,1-2H3. The Morgan fingerprint density at radius 1 is 1.12 bits per heavy atom. The molecule has 0 aromatic heterocycles. The zero-order valence-electron chi connectivity index (χ0n) is 14.6. The first kappa shape index (κ1) is 18.3. The van der Waals surface area contributed by atoms with Gasteiger partial charge < -0.3 is 14.7 Å². The SMILES string of the molecule is CC(C)c1ccc(C(=O)OCC(=O)N2CCCCCCC2)c(O)c1. The molecule has 0 unspecified atom stereocenters. The van der Waals surface area contributed by atoms with E-state index in [1.165, 1.54) is 6.42 Å². The van der Waals surface area contributed by atoms with Gasteiger partial charge in [-0.25, -0.2) is 4.79 Å². The van der Waals surface area contributed by atoms with Gasteiger partial charge in [-0.05, 0) is 36.5 Å². The lowest BCUT2D eigenvalue weighted by Crippen LogP contribution is -2.36. The molecule has 0 atom stereocenters. The van der Waals surface area contributed by atoms with E-state index in [1.807, 2.05) is 13.8 Å². The van der Waals surface area contributed by atoms with Crippen LogP contribution in [-0.2, 0) is 9.53 Å². The van der Waals surface area contributed by atoms with Gasteiger partial charge in [0.1, 0.15) is 11.3 Å². The van der Waals surface area contributed by atoms with Gasteiger partial charge in [-0.2, -0.15) is 0 Å². The Hall–Kier alpha value is -2.04. The normalized spacial score (nSPS) is 15.7. The summed E-state index contributed by atoms with van der Waals surface area (Å²) in [6.45, 7) is 5.20. The Morgan fingerprint density at radius 2 is 1.75 bits per heavy atom. The summed E-state index contributed by atoms with van der Waals surface area (Å²) in [5.41, 5.74) is 1.04. The topological polar surface area (TPSA) is 66.8 Å². The van der Waals surface area contributed by atoms with Crippen LogP contribution < -0.4 is 0 Å². The lowest BCUT2D eigenvalue weighted by molar-refractivity contribution is -0.134. The molecule has 0 saturated carbocycles. The van der Waals surface area contributed by atoms with E-state index in [2.05, 4.69) is 0 Å². The predicted octanol–water partition coefficient (Wildman–Crippen LogP) is 3.47. The number of hydrogen-bond donors (Lipinski definition) is 1. The van der Waals surface area contributed by atoms with Crippen LogP contribution >= 0.6 is 0 Å². The molecule has 5 nitrogen and oxygen atoms in total. The Kier molecular flexibility index (Phi) is 6.64. The average molecular weight is 333 g/mol. The second-order valence-corrected chi connectivity index (χ2v) is 6.66. The first-order valence-electron chi connectivity index (χ1n) is 8.77.